The quantitative estimate of drug-likeness (QED) is 0.708. The Morgan fingerprint density at radius 3 is 2.71 bits per heavy atom. The number of carboxylic acids is 1. The summed E-state index contributed by atoms with van der Waals surface area (Å²) < 4.78 is 15.8. The van der Waals surface area contributed by atoms with Crippen molar-refractivity contribution in [2.45, 2.75) is 0 Å². The molecular weight excluding hydrogens is 312 g/mol. The maximum atomic E-state index is 12.7. The summed E-state index contributed by atoms with van der Waals surface area (Å²) in [6.07, 6.45) is 1.35. The van der Waals surface area contributed by atoms with Crippen LogP contribution in [0.5, 0.6) is 11.5 Å². The van der Waals surface area contributed by atoms with Gasteiger partial charge in [-0.25, -0.2) is 0 Å². The highest BCUT2D eigenvalue weighted by Gasteiger charge is 2.13. The Morgan fingerprint density at radius 1 is 1.17 bits per heavy atom. The molecule has 0 radical (unpaired) electrons. The number of hydrogen-bond acceptors (Lipinski definition) is 6. The Kier molecular flexibility index (Phi) is 4.20. The van der Waals surface area contributed by atoms with Gasteiger partial charge in [-0.2, -0.15) is 0 Å². The molecule has 6 heteroatoms. The third kappa shape index (κ3) is 2.94. The number of para-hydroxylation sites is 1. The number of rotatable bonds is 5. The van der Waals surface area contributed by atoms with Crippen LogP contribution >= 0.6 is 0 Å². The molecule has 0 saturated heterocycles. The largest absolute Gasteiger partial charge is 0.546 e. The fourth-order valence-electron chi connectivity index (χ4n) is 2.39. The van der Waals surface area contributed by atoms with Gasteiger partial charge in [-0.3, -0.25) is 4.79 Å². The Balaban J connectivity index is 2.07. The topological polar surface area (TPSA) is 88.8 Å². The third-order valence-corrected chi connectivity index (χ3v) is 3.50. The number of carbonyl (C=O) groups excluding carboxylic acids is 1. The molecule has 1 aromatic heterocycles. The van der Waals surface area contributed by atoms with Crippen molar-refractivity contribution in [1.29, 1.82) is 0 Å². The molecule has 0 aliphatic carbocycles. The van der Waals surface area contributed by atoms with Crippen LogP contribution in [0.15, 0.2) is 57.9 Å². The maximum absolute atomic E-state index is 12.7. The number of carbonyl (C=O) groups is 1. The molecule has 1 heterocycles. The molecule has 0 fully saturated rings. The van der Waals surface area contributed by atoms with Crippen molar-refractivity contribution >= 4 is 16.9 Å². The summed E-state index contributed by atoms with van der Waals surface area (Å²) in [6.45, 7) is -0.574. The van der Waals surface area contributed by atoms with Crippen LogP contribution in [-0.4, -0.2) is 19.7 Å². The van der Waals surface area contributed by atoms with Crippen molar-refractivity contribution in [1.82, 2.24) is 0 Å². The van der Waals surface area contributed by atoms with Gasteiger partial charge in [0.15, 0.2) is 0 Å². The second kappa shape index (κ2) is 6.45. The Hall–Kier alpha value is -3.28. The lowest BCUT2D eigenvalue weighted by atomic mass is 10.0. The standard InChI is InChI=1S/C18H14O6/c1-22-15-5-3-2-4-12(15)14-9-24-16-8-11(23-10-17(19)20)6-7-13(16)18(14)21/h2-9H,10H2,1H3,(H,19,20)/p-1. The molecule has 0 saturated carbocycles. The molecule has 0 N–H and O–H groups in total. The Bertz CT molecular complexity index is 957. The molecule has 0 atom stereocenters. The van der Waals surface area contributed by atoms with E-state index in [1.165, 1.54) is 31.6 Å². The SMILES string of the molecule is COc1ccccc1-c1coc2cc(OCC(=O)[O-])ccc2c1=O. The molecule has 3 rings (SSSR count). The highest BCUT2D eigenvalue weighted by Crippen LogP contribution is 2.29. The molecule has 24 heavy (non-hydrogen) atoms. The number of carboxylic acid groups (broad SMARTS) is 1. The van der Waals surface area contributed by atoms with Gasteiger partial charge in [0.25, 0.3) is 0 Å². The van der Waals surface area contributed by atoms with Gasteiger partial charge < -0.3 is 23.8 Å². The van der Waals surface area contributed by atoms with Crippen LogP contribution < -0.4 is 20.0 Å². The molecular formula is C18H13O6-. The van der Waals surface area contributed by atoms with Crippen LogP contribution in [-0.2, 0) is 4.79 Å². The summed E-state index contributed by atoms with van der Waals surface area (Å²) in [7, 11) is 1.53. The van der Waals surface area contributed by atoms with Crippen molar-refractivity contribution in [2.75, 3.05) is 13.7 Å². The summed E-state index contributed by atoms with van der Waals surface area (Å²) in [5.41, 5.74) is 1.10. The molecule has 0 amide bonds. The van der Waals surface area contributed by atoms with Crippen LogP contribution in [0.1, 0.15) is 0 Å². The number of fused-ring (bicyclic) bond motifs is 1. The van der Waals surface area contributed by atoms with E-state index >= 15 is 0 Å². The highest BCUT2D eigenvalue weighted by molar-refractivity contribution is 5.84. The number of aliphatic carboxylic acids is 1. The fraction of sp³-hybridized carbons (Fsp3) is 0.111. The van der Waals surface area contributed by atoms with E-state index in [-0.39, 0.29) is 11.2 Å². The Labute approximate surface area is 136 Å². The lowest BCUT2D eigenvalue weighted by Crippen LogP contribution is -2.28. The van der Waals surface area contributed by atoms with E-state index in [0.717, 1.165) is 0 Å². The summed E-state index contributed by atoms with van der Waals surface area (Å²) in [6, 6.07) is 11.7. The molecule has 3 aromatic rings. The molecule has 0 unspecified atom stereocenters. The summed E-state index contributed by atoms with van der Waals surface area (Å²) in [5, 5.41) is 10.8. The van der Waals surface area contributed by atoms with E-state index < -0.39 is 12.6 Å². The molecule has 0 bridgehead atoms. The zero-order valence-electron chi connectivity index (χ0n) is 12.8. The number of ether oxygens (including phenoxy) is 2. The first-order valence-corrected chi connectivity index (χ1v) is 7.11. The summed E-state index contributed by atoms with van der Waals surface area (Å²) in [5.74, 6) is -0.485. The third-order valence-electron chi connectivity index (χ3n) is 3.50. The van der Waals surface area contributed by atoms with Crippen molar-refractivity contribution < 1.29 is 23.8 Å². The van der Waals surface area contributed by atoms with Crippen LogP contribution in [0.4, 0.5) is 0 Å². The van der Waals surface area contributed by atoms with Crippen molar-refractivity contribution in [2.24, 2.45) is 0 Å². The van der Waals surface area contributed by atoms with Gasteiger partial charge in [0.2, 0.25) is 5.43 Å². The molecule has 0 aliphatic rings. The number of hydrogen-bond donors (Lipinski definition) is 0. The van der Waals surface area contributed by atoms with Gasteiger partial charge in [0.05, 0.1) is 24.0 Å². The Morgan fingerprint density at radius 2 is 1.96 bits per heavy atom. The van der Waals surface area contributed by atoms with Crippen molar-refractivity contribution in [3.05, 3.63) is 59.0 Å². The van der Waals surface area contributed by atoms with E-state index in [9.17, 15) is 14.7 Å². The van der Waals surface area contributed by atoms with Gasteiger partial charge in [0.1, 0.15) is 30.0 Å². The molecule has 0 spiro atoms. The lowest BCUT2D eigenvalue weighted by Gasteiger charge is -2.09. The van der Waals surface area contributed by atoms with E-state index in [1.807, 2.05) is 6.07 Å². The van der Waals surface area contributed by atoms with Gasteiger partial charge in [-0.05, 0) is 18.2 Å². The minimum Gasteiger partial charge on any atom is -0.546 e. The van der Waals surface area contributed by atoms with Crippen LogP contribution in [0, 0.1) is 0 Å². The van der Waals surface area contributed by atoms with Crippen LogP contribution in [0.2, 0.25) is 0 Å². The van der Waals surface area contributed by atoms with E-state index in [1.54, 1.807) is 18.2 Å². The van der Waals surface area contributed by atoms with Crippen molar-refractivity contribution in [3.63, 3.8) is 0 Å². The zero-order chi connectivity index (χ0) is 17.1. The predicted octanol–water partition coefficient (Wildman–Crippen LogP) is 1.60. The number of benzene rings is 2. The first kappa shape index (κ1) is 15.6. The summed E-state index contributed by atoms with van der Waals surface area (Å²) >= 11 is 0. The molecule has 2 aromatic carbocycles. The maximum Gasteiger partial charge on any atom is 0.200 e. The monoisotopic (exact) mass is 325 g/mol. The zero-order valence-corrected chi connectivity index (χ0v) is 12.8. The van der Waals surface area contributed by atoms with Crippen molar-refractivity contribution in [3.8, 4) is 22.6 Å². The molecule has 0 aliphatic heterocycles. The highest BCUT2D eigenvalue weighted by atomic mass is 16.5. The van der Waals surface area contributed by atoms with Gasteiger partial charge in [-0.1, -0.05) is 18.2 Å². The van der Waals surface area contributed by atoms with E-state index in [4.69, 9.17) is 13.9 Å². The fourth-order valence-corrected chi connectivity index (χ4v) is 2.39. The normalized spacial score (nSPS) is 10.5. The van der Waals surface area contributed by atoms with Crippen LogP contribution in [0.3, 0.4) is 0 Å². The van der Waals surface area contributed by atoms with Gasteiger partial charge in [-0.15, -0.1) is 0 Å². The second-order valence-corrected chi connectivity index (χ2v) is 5.00. The van der Waals surface area contributed by atoms with Gasteiger partial charge >= 0.3 is 0 Å². The smallest absolute Gasteiger partial charge is 0.200 e. The minimum absolute atomic E-state index is 0.216. The molecule has 122 valence electrons. The van der Waals surface area contributed by atoms with Crippen LogP contribution in [0.25, 0.3) is 22.1 Å². The van der Waals surface area contributed by atoms with E-state index in [0.29, 0.717) is 27.8 Å². The first-order valence-electron chi connectivity index (χ1n) is 7.11. The first-order chi connectivity index (χ1) is 11.6. The predicted molar refractivity (Wildman–Crippen MR) is 85.0 cm³/mol. The lowest BCUT2D eigenvalue weighted by molar-refractivity contribution is -0.307. The van der Waals surface area contributed by atoms with E-state index in [2.05, 4.69) is 0 Å². The molecule has 6 nitrogen and oxygen atoms in total. The number of methoxy groups -OCH3 is 1. The average Bonchev–Trinajstić information content (AvgIpc) is 2.60. The minimum atomic E-state index is -1.33. The van der Waals surface area contributed by atoms with Gasteiger partial charge in [0, 0.05) is 11.6 Å². The second-order valence-electron chi connectivity index (χ2n) is 5.00. The summed E-state index contributed by atoms with van der Waals surface area (Å²) in [4.78, 5) is 23.1. The average molecular weight is 325 g/mol.